The van der Waals surface area contributed by atoms with E-state index in [1.54, 1.807) is 0 Å². The fourth-order valence-electron chi connectivity index (χ4n) is 1.03. The minimum Gasteiger partial charge on any atom is -0.369 e. The summed E-state index contributed by atoms with van der Waals surface area (Å²) in [5, 5.41) is 3.29. The number of nitrogens with zero attached hydrogens (tertiary/aromatic N) is 1. The first-order valence-electron chi connectivity index (χ1n) is 4.85. The summed E-state index contributed by atoms with van der Waals surface area (Å²) in [7, 11) is 0. The number of hydrogen-bond acceptors (Lipinski definition) is 2. The van der Waals surface area contributed by atoms with E-state index < -0.39 is 0 Å². The highest BCUT2D eigenvalue weighted by molar-refractivity contribution is 5.35. The lowest BCUT2D eigenvalue weighted by Gasteiger charge is -2.20. The minimum absolute atomic E-state index is 0.103. The van der Waals surface area contributed by atoms with Crippen LogP contribution in [0.1, 0.15) is 19.5 Å². The minimum atomic E-state index is 0.103. The second kappa shape index (κ2) is 4.27. The van der Waals surface area contributed by atoms with Crippen LogP contribution in [0.25, 0.3) is 0 Å². The molecule has 0 aliphatic rings. The predicted molar refractivity (Wildman–Crippen MR) is 61.4 cm³/mol. The smallest absolute Gasteiger partial charge is 0.126 e. The second-order valence-corrected chi connectivity index (χ2v) is 4.21. The lowest BCUT2D eigenvalue weighted by atomic mass is 9.94. The van der Waals surface area contributed by atoms with Gasteiger partial charge < -0.3 is 5.32 Å². The molecule has 0 fully saturated rings. The highest BCUT2D eigenvalue weighted by Crippen LogP contribution is 2.16. The van der Waals surface area contributed by atoms with Gasteiger partial charge in [-0.25, -0.2) is 4.98 Å². The molecule has 0 bridgehead atoms. The molecule has 76 valence electrons. The third-order valence-corrected chi connectivity index (χ3v) is 2.17. The zero-order valence-corrected chi connectivity index (χ0v) is 9.17. The topological polar surface area (TPSA) is 24.9 Å². The molecule has 0 radical (unpaired) electrons. The van der Waals surface area contributed by atoms with Crippen LogP contribution < -0.4 is 5.32 Å². The van der Waals surface area contributed by atoms with E-state index in [1.807, 2.05) is 31.2 Å². The van der Waals surface area contributed by atoms with E-state index in [0.29, 0.717) is 0 Å². The molecular formula is C12H18N2. The Balaban J connectivity index is 2.58. The summed E-state index contributed by atoms with van der Waals surface area (Å²) in [4.78, 5) is 4.37. The molecule has 14 heavy (non-hydrogen) atoms. The maximum absolute atomic E-state index is 4.37. The van der Waals surface area contributed by atoms with Gasteiger partial charge >= 0.3 is 0 Å². The van der Waals surface area contributed by atoms with Crippen molar-refractivity contribution >= 4 is 5.82 Å². The average molecular weight is 190 g/mol. The molecule has 0 amide bonds. The zero-order chi connectivity index (χ0) is 10.6. The van der Waals surface area contributed by atoms with Crippen molar-refractivity contribution < 1.29 is 0 Å². The van der Waals surface area contributed by atoms with Crippen LogP contribution in [0.15, 0.2) is 30.9 Å². The summed E-state index contributed by atoms with van der Waals surface area (Å²) in [6.07, 6.45) is 1.95. The van der Waals surface area contributed by atoms with Crippen LogP contribution >= 0.6 is 0 Å². The van der Waals surface area contributed by atoms with Gasteiger partial charge in [-0.15, -0.1) is 6.58 Å². The Bertz CT molecular complexity index is 316. The molecule has 0 aliphatic carbocycles. The van der Waals surface area contributed by atoms with Gasteiger partial charge in [0.2, 0.25) is 0 Å². The SMILES string of the molecule is C=CC(C)(C)CNc1cccc(C)n1. The van der Waals surface area contributed by atoms with Crippen LogP contribution in [-0.2, 0) is 0 Å². The first-order valence-corrected chi connectivity index (χ1v) is 4.85. The number of hydrogen-bond donors (Lipinski definition) is 1. The molecule has 0 saturated carbocycles. The van der Waals surface area contributed by atoms with E-state index in [2.05, 4.69) is 30.7 Å². The fourth-order valence-corrected chi connectivity index (χ4v) is 1.03. The second-order valence-electron chi connectivity index (χ2n) is 4.21. The highest BCUT2D eigenvalue weighted by atomic mass is 15.0. The third-order valence-electron chi connectivity index (χ3n) is 2.17. The summed E-state index contributed by atoms with van der Waals surface area (Å²) < 4.78 is 0. The van der Waals surface area contributed by atoms with Gasteiger partial charge in [-0.1, -0.05) is 26.0 Å². The third kappa shape index (κ3) is 3.21. The van der Waals surface area contributed by atoms with Crippen LogP contribution in [0, 0.1) is 12.3 Å². The number of aryl methyl sites for hydroxylation is 1. The number of nitrogens with one attached hydrogen (secondary N) is 1. The maximum atomic E-state index is 4.37. The van der Waals surface area contributed by atoms with E-state index in [0.717, 1.165) is 18.1 Å². The van der Waals surface area contributed by atoms with Gasteiger partial charge in [-0.2, -0.15) is 0 Å². The first-order chi connectivity index (χ1) is 6.53. The van der Waals surface area contributed by atoms with Gasteiger partial charge in [0.1, 0.15) is 5.82 Å². The monoisotopic (exact) mass is 190 g/mol. The molecule has 0 aliphatic heterocycles. The summed E-state index contributed by atoms with van der Waals surface area (Å²) in [6, 6.07) is 5.97. The standard InChI is InChI=1S/C12H18N2/c1-5-12(3,4)9-13-11-8-6-7-10(2)14-11/h5-8H,1,9H2,2-4H3,(H,13,14). The van der Waals surface area contributed by atoms with Crippen molar-refractivity contribution in [3.8, 4) is 0 Å². The fraction of sp³-hybridized carbons (Fsp3) is 0.417. The summed E-state index contributed by atoms with van der Waals surface area (Å²) in [5.74, 6) is 0.930. The van der Waals surface area contributed by atoms with Crippen LogP contribution in [0.3, 0.4) is 0 Å². The quantitative estimate of drug-likeness (QED) is 0.738. The Labute approximate surface area is 86.1 Å². The van der Waals surface area contributed by atoms with Crippen molar-refractivity contribution in [3.05, 3.63) is 36.5 Å². The molecule has 0 atom stereocenters. The molecule has 0 spiro atoms. The Morgan fingerprint density at radius 3 is 2.79 bits per heavy atom. The van der Waals surface area contributed by atoms with E-state index in [4.69, 9.17) is 0 Å². The molecule has 1 aromatic rings. The summed E-state index contributed by atoms with van der Waals surface area (Å²) in [6.45, 7) is 10.9. The lowest BCUT2D eigenvalue weighted by Crippen LogP contribution is -2.20. The Hall–Kier alpha value is -1.31. The van der Waals surface area contributed by atoms with E-state index in [-0.39, 0.29) is 5.41 Å². The van der Waals surface area contributed by atoms with Gasteiger partial charge in [-0.3, -0.25) is 0 Å². The normalized spacial score (nSPS) is 11.1. The molecule has 1 heterocycles. The predicted octanol–water partition coefficient (Wildman–Crippen LogP) is 3.01. The van der Waals surface area contributed by atoms with Crippen LogP contribution in [0.5, 0.6) is 0 Å². The maximum Gasteiger partial charge on any atom is 0.126 e. The van der Waals surface area contributed by atoms with Crippen molar-refractivity contribution in [1.29, 1.82) is 0 Å². The zero-order valence-electron chi connectivity index (χ0n) is 9.17. The Kier molecular flexibility index (Phi) is 3.28. The molecule has 1 N–H and O–H groups in total. The van der Waals surface area contributed by atoms with Crippen molar-refractivity contribution in [2.75, 3.05) is 11.9 Å². The van der Waals surface area contributed by atoms with Crippen molar-refractivity contribution in [1.82, 2.24) is 4.98 Å². The number of rotatable bonds is 4. The molecule has 0 saturated heterocycles. The molecule has 2 heteroatoms. The van der Waals surface area contributed by atoms with Gasteiger partial charge in [0.15, 0.2) is 0 Å². The van der Waals surface area contributed by atoms with Crippen molar-refractivity contribution in [2.45, 2.75) is 20.8 Å². The van der Waals surface area contributed by atoms with Crippen LogP contribution in [0.4, 0.5) is 5.82 Å². The largest absolute Gasteiger partial charge is 0.369 e. The van der Waals surface area contributed by atoms with Gasteiger partial charge in [0.05, 0.1) is 0 Å². The molecule has 1 rings (SSSR count). The van der Waals surface area contributed by atoms with E-state index >= 15 is 0 Å². The van der Waals surface area contributed by atoms with E-state index in [9.17, 15) is 0 Å². The van der Waals surface area contributed by atoms with Crippen molar-refractivity contribution in [3.63, 3.8) is 0 Å². The first kappa shape index (κ1) is 10.8. The van der Waals surface area contributed by atoms with Gasteiger partial charge in [0.25, 0.3) is 0 Å². The molecule has 1 aromatic heterocycles. The molecule has 2 nitrogen and oxygen atoms in total. The van der Waals surface area contributed by atoms with Crippen LogP contribution in [-0.4, -0.2) is 11.5 Å². The molecule has 0 aromatic carbocycles. The average Bonchev–Trinajstić information content (AvgIpc) is 2.15. The summed E-state index contributed by atoms with van der Waals surface area (Å²) in [5.41, 5.74) is 1.14. The van der Waals surface area contributed by atoms with Gasteiger partial charge in [0, 0.05) is 12.2 Å². The Morgan fingerprint density at radius 2 is 2.21 bits per heavy atom. The lowest BCUT2D eigenvalue weighted by molar-refractivity contribution is 0.513. The molecular weight excluding hydrogens is 172 g/mol. The number of aromatic nitrogens is 1. The van der Waals surface area contributed by atoms with E-state index in [1.165, 1.54) is 0 Å². The Morgan fingerprint density at radius 1 is 1.50 bits per heavy atom. The highest BCUT2D eigenvalue weighted by Gasteiger charge is 2.12. The van der Waals surface area contributed by atoms with Crippen molar-refractivity contribution in [2.24, 2.45) is 5.41 Å². The van der Waals surface area contributed by atoms with Gasteiger partial charge in [-0.05, 0) is 24.5 Å². The number of pyridine rings is 1. The van der Waals surface area contributed by atoms with Crippen LogP contribution in [0.2, 0.25) is 0 Å². The summed E-state index contributed by atoms with van der Waals surface area (Å²) >= 11 is 0. The molecule has 0 unspecified atom stereocenters. The number of anilines is 1.